The number of rotatable bonds is 5. The molecule has 1 aliphatic rings. The van der Waals surface area contributed by atoms with E-state index < -0.39 is 5.97 Å². The van der Waals surface area contributed by atoms with Crippen molar-refractivity contribution in [1.29, 1.82) is 0 Å². The lowest BCUT2D eigenvalue weighted by Crippen LogP contribution is -2.22. The molecule has 0 aliphatic carbocycles. The van der Waals surface area contributed by atoms with Gasteiger partial charge in [-0.05, 0) is 49.2 Å². The Hall–Kier alpha value is -4.13. The number of carbonyl (C=O) groups excluding carboxylic acids is 2. The third kappa shape index (κ3) is 3.85. The molecule has 0 spiro atoms. The highest BCUT2D eigenvalue weighted by Crippen LogP contribution is 2.34. The molecular weight excluding hydrogens is 394 g/mol. The second kappa shape index (κ2) is 7.95. The molecule has 0 radical (unpaired) electrons. The molecule has 0 bridgehead atoms. The molecule has 0 fully saturated rings. The Labute approximate surface area is 178 Å². The topological polar surface area (TPSA) is 111 Å². The Morgan fingerprint density at radius 1 is 1.10 bits per heavy atom. The molecule has 0 atom stereocenters. The van der Waals surface area contributed by atoms with Crippen LogP contribution in [0.5, 0.6) is 0 Å². The lowest BCUT2D eigenvalue weighted by molar-refractivity contribution is -0.110. The normalized spacial score (nSPS) is 13.7. The molecule has 0 saturated carbocycles. The average molecular weight is 415 g/mol. The number of aromatic amines is 1. The van der Waals surface area contributed by atoms with Crippen molar-refractivity contribution in [3.8, 4) is 0 Å². The Morgan fingerprint density at radius 2 is 1.84 bits per heavy atom. The van der Waals surface area contributed by atoms with Crippen LogP contribution >= 0.6 is 0 Å². The fourth-order valence-electron chi connectivity index (χ4n) is 3.74. The fraction of sp³-hybridized carbons (Fsp3) is 0.125. The predicted molar refractivity (Wildman–Crippen MR) is 118 cm³/mol. The summed E-state index contributed by atoms with van der Waals surface area (Å²) < 4.78 is 0. The zero-order valence-electron chi connectivity index (χ0n) is 17.1. The van der Waals surface area contributed by atoms with Crippen LogP contribution in [0.1, 0.15) is 48.8 Å². The molecule has 0 unspecified atom stereocenters. The number of carboxylic acids is 1. The maximum atomic E-state index is 12.6. The molecule has 156 valence electrons. The minimum absolute atomic E-state index is 0.194. The first-order chi connectivity index (χ1) is 14.8. The summed E-state index contributed by atoms with van der Waals surface area (Å²) in [4.78, 5) is 39.7. The van der Waals surface area contributed by atoms with Crippen molar-refractivity contribution in [2.75, 3.05) is 5.32 Å². The molecule has 1 aromatic heterocycles. The van der Waals surface area contributed by atoms with Crippen molar-refractivity contribution >= 4 is 35.1 Å². The highest BCUT2D eigenvalue weighted by atomic mass is 16.4. The number of hydrogen-bond donors (Lipinski definition) is 4. The van der Waals surface area contributed by atoms with Crippen molar-refractivity contribution < 1.29 is 19.5 Å². The molecule has 7 heteroatoms. The molecule has 4 rings (SSSR count). The van der Waals surface area contributed by atoms with Gasteiger partial charge >= 0.3 is 5.97 Å². The van der Waals surface area contributed by atoms with E-state index in [0.29, 0.717) is 45.9 Å². The molecule has 2 aromatic carbocycles. The number of aromatic nitrogens is 1. The Kier molecular flexibility index (Phi) is 5.17. The summed E-state index contributed by atoms with van der Waals surface area (Å²) in [6.45, 7) is 3.77. The van der Waals surface area contributed by atoms with Gasteiger partial charge in [-0.2, -0.15) is 0 Å². The number of hydrogen-bond acceptors (Lipinski definition) is 3. The smallest absolute Gasteiger partial charge is 0.337 e. The number of nitrogens with one attached hydrogen (secondary N) is 3. The van der Waals surface area contributed by atoms with Gasteiger partial charge in [-0.25, -0.2) is 4.79 Å². The first-order valence-electron chi connectivity index (χ1n) is 9.77. The number of carbonyl (C=O) groups is 3. The number of H-pyrrole nitrogens is 1. The second-order valence-corrected chi connectivity index (χ2v) is 7.41. The number of aryl methyl sites for hydroxylation is 1. The summed E-state index contributed by atoms with van der Waals surface area (Å²) in [5.74, 6) is -1.57. The number of fused-ring (bicyclic) bond motifs is 1. The van der Waals surface area contributed by atoms with Gasteiger partial charge < -0.3 is 20.7 Å². The van der Waals surface area contributed by atoms with E-state index in [1.807, 2.05) is 30.3 Å². The van der Waals surface area contributed by atoms with E-state index in [4.69, 9.17) is 0 Å². The summed E-state index contributed by atoms with van der Waals surface area (Å²) in [5.41, 5.74) is 4.81. The first kappa shape index (κ1) is 20.2. The summed E-state index contributed by atoms with van der Waals surface area (Å²) in [7, 11) is 0. The molecule has 7 nitrogen and oxygen atoms in total. The van der Waals surface area contributed by atoms with Crippen LogP contribution in [-0.2, 0) is 11.3 Å². The Balaban J connectivity index is 1.64. The van der Waals surface area contributed by atoms with E-state index in [0.717, 1.165) is 5.56 Å². The number of aromatic carboxylic acids is 1. The van der Waals surface area contributed by atoms with Crippen LogP contribution in [0.3, 0.4) is 0 Å². The summed E-state index contributed by atoms with van der Waals surface area (Å²) >= 11 is 0. The van der Waals surface area contributed by atoms with Crippen molar-refractivity contribution in [2.24, 2.45) is 0 Å². The van der Waals surface area contributed by atoms with Gasteiger partial charge in [0, 0.05) is 34.7 Å². The van der Waals surface area contributed by atoms with Crippen LogP contribution in [0, 0.1) is 13.8 Å². The van der Waals surface area contributed by atoms with Crippen LogP contribution in [0.4, 0.5) is 5.69 Å². The lowest BCUT2D eigenvalue weighted by Gasteiger charge is -2.07. The minimum atomic E-state index is -1.02. The van der Waals surface area contributed by atoms with Gasteiger partial charge in [-0.3, -0.25) is 9.59 Å². The van der Waals surface area contributed by atoms with Crippen LogP contribution < -0.4 is 10.6 Å². The van der Waals surface area contributed by atoms with E-state index in [-0.39, 0.29) is 17.4 Å². The monoisotopic (exact) mass is 415 g/mol. The summed E-state index contributed by atoms with van der Waals surface area (Å²) in [6.07, 6.45) is 1.63. The third-order valence-electron chi connectivity index (χ3n) is 5.34. The molecule has 2 amide bonds. The highest BCUT2D eigenvalue weighted by Gasteiger charge is 2.26. The minimum Gasteiger partial charge on any atom is -0.478 e. The number of amides is 2. The SMILES string of the molecule is Cc1[nH]c(/C=C2\C(=O)Nc3ccc(C(=O)NCc4ccccc4)cc32)c(C)c1C(=O)O. The number of benzene rings is 2. The van der Waals surface area contributed by atoms with Crippen molar-refractivity contribution in [3.63, 3.8) is 0 Å². The fourth-order valence-corrected chi connectivity index (χ4v) is 3.74. The third-order valence-corrected chi connectivity index (χ3v) is 5.34. The van der Waals surface area contributed by atoms with Gasteiger partial charge in [0.25, 0.3) is 11.8 Å². The lowest BCUT2D eigenvalue weighted by atomic mass is 10.0. The van der Waals surface area contributed by atoms with Crippen molar-refractivity contribution in [2.45, 2.75) is 20.4 Å². The molecular formula is C24H21N3O4. The standard InChI is InChI=1S/C24H21N3O4/c1-13-20(26-14(2)21(13)24(30)31)11-18-17-10-16(8-9-19(17)27-23(18)29)22(28)25-12-15-6-4-3-5-7-15/h3-11,26H,12H2,1-2H3,(H,25,28)(H,27,29)(H,30,31)/b18-11-. The largest absolute Gasteiger partial charge is 0.478 e. The average Bonchev–Trinajstić information content (AvgIpc) is 3.21. The van der Waals surface area contributed by atoms with E-state index >= 15 is 0 Å². The predicted octanol–water partition coefficient (Wildman–Crippen LogP) is 3.75. The molecule has 0 saturated heterocycles. The van der Waals surface area contributed by atoms with E-state index in [1.54, 1.807) is 38.1 Å². The van der Waals surface area contributed by atoms with Crippen LogP contribution in [0.2, 0.25) is 0 Å². The summed E-state index contributed by atoms with van der Waals surface area (Å²) in [5, 5.41) is 15.1. The zero-order chi connectivity index (χ0) is 22.1. The first-order valence-corrected chi connectivity index (χ1v) is 9.77. The Morgan fingerprint density at radius 3 is 2.52 bits per heavy atom. The van der Waals surface area contributed by atoms with Crippen molar-refractivity contribution in [1.82, 2.24) is 10.3 Å². The van der Waals surface area contributed by atoms with Crippen molar-refractivity contribution in [3.05, 3.63) is 87.7 Å². The second-order valence-electron chi connectivity index (χ2n) is 7.41. The zero-order valence-corrected chi connectivity index (χ0v) is 17.1. The molecule has 31 heavy (non-hydrogen) atoms. The summed E-state index contributed by atoms with van der Waals surface area (Å²) in [6, 6.07) is 14.6. The molecule has 1 aliphatic heterocycles. The van der Waals surface area contributed by atoms with E-state index in [1.165, 1.54) is 0 Å². The number of anilines is 1. The van der Waals surface area contributed by atoms with Gasteiger partial charge in [0.2, 0.25) is 0 Å². The van der Waals surface area contributed by atoms with Gasteiger partial charge in [-0.1, -0.05) is 30.3 Å². The van der Waals surface area contributed by atoms with Gasteiger partial charge in [0.15, 0.2) is 0 Å². The molecule has 4 N–H and O–H groups in total. The van der Waals surface area contributed by atoms with E-state index in [2.05, 4.69) is 15.6 Å². The maximum absolute atomic E-state index is 12.6. The van der Waals surface area contributed by atoms with Crippen LogP contribution in [-0.4, -0.2) is 27.9 Å². The highest BCUT2D eigenvalue weighted by molar-refractivity contribution is 6.35. The molecule has 2 heterocycles. The van der Waals surface area contributed by atoms with Gasteiger partial charge in [-0.15, -0.1) is 0 Å². The van der Waals surface area contributed by atoms with Crippen LogP contribution in [0.15, 0.2) is 48.5 Å². The quantitative estimate of drug-likeness (QED) is 0.476. The Bertz CT molecular complexity index is 1240. The number of carboxylic acid groups (broad SMARTS) is 1. The van der Waals surface area contributed by atoms with Gasteiger partial charge in [0.05, 0.1) is 11.1 Å². The van der Waals surface area contributed by atoms with Gasteiger partial charge in [0.1, 0.15) is 0 Å². The maximum Gasteiger partial charge on any atom is 0.337 e. The van der Waals surface area contributed by atoms with E-state index in [9.17, 15) is 19.5 Å². The molecule has 3 aromatic rings. The van der Waals surface area contributed by atoms with Crippen LogP contribution in [0.25, 0.3) is 11.6 Å².